The van der Waals surface area contributed by atoms with E-state index in [4.69, 9.17) is 16.3 Å². The van der Waals surface area contributed by atoms with Gasteiger partial charge in [-0.25, -0.2) is 0 Å². The fourth-order valence-electron chi connectivity index (χ4n) is 2.25. The molecule has 0 radical (unpaired) electrons. The molecule has 104 valence electrons. The van der Waals surface area contributed by atoms with E-state index in [0.717, 1.165) is 43.9 Å². The number of hydrogen-bond acceptors (Lipinski definition) is 2. The number of nitrogens with one attached hydrogen (secondary N) is 1. The van der Waals surface area contributed by atoms with Gasteiger partial charge in [0.15, 0.2) is 0 Å². The van der Waals surface area contributed by atoms with E-state index in [1.165, 1.54) is 5.56 Å². The van der Waals surface area contributed by atoms with E-state index in [1.807, 2.05) is 24.3 Å². The zero-order valence-corrected chi connectivity index (χ0v) is 11.8. The van der Waals surface area contributed by atoms with Gasteiger partial charge in [0, 0.05) is 30.7 Å². The third kappa shape index (κ3) is 5.21. The van der Waals surface area contributed by atoms with Crippen LogP contribution in [0.15, 0.2) is 24.3 Å². The Morgan fingerprint density at radius 2 is 1.95 bits per heavy atom. The zero-order valence-electron chi connectivity index (χ0n) is 11.0. The van der Waals surface area contributed by atoms with Crippen molar-refractivity contribution in [1.29, 1.82) is 0 Å². The molecule has 0 spiro atoms. The number of halogens is 1. The summed E-state index contributed by atoms with van der Waals surface area (Å²) in [7, 11) is 0. The molecule has 1 fully saturated rings. The maximum Gasteiger partial charge on any atom is 0.220 e. The van der Waals surface area contributed by atoms with Crippen LogP contribution in [0.5, 0.6) is 0 Å². The number of carbonyl (C=O) groups is 1. The van der Waals surface area contributed by atoms with Crippen molar-refractivity contribution in [3.8, 4) is 0 Å². The zero-order chi connectivity index (χ0) is 13.5. The molecule has 1 amide bonds. The van der Waals surface area contributed by atoms with E-state index in [2.05, 4.69) is 5.32 Å². The largest absolute Gasteiger partial charge is 0.381 e. The minimum absolute atomic E-state index is 0.154. The van der Waals surface area contributed by atoms with Crippen molar-refractivity contribution in [2.75, 3.05) is 13.2 Å². The molecule has 0 aliphatic carbocycles. The smallest absolute Gasteiger partial charge is 0.220 e. The molecular weight excluding hydrogens is 262 g/mol. The molecule has 3 nitrogen and oxygen atoms in total. The lowest BCUT2D eigenvalue weighted by Gasteiger charge is -2.23. The number of hydrogen-bond donors (Lipinski definition) is 1. The summed E-state index contributed by atoms with van der Waals surface area (Å²) < 4.78 is 5.27. The molecule has 0 atom stereocenters. The number of benzene rings is 1. The second-order valence-electron chi connectivity index (χ2n) is 4.93. The van der Waals surface area contributed by atoms with Crippen molar-refractivity contribution in [3.05, 3.63) is 34.9 Å². The van der Waals surface area contributed by atoms with Crippen LogP contribution in [0.2, 0.25) is 5.02 Å². The standard InChI is InChI=1S/C15H20ClNO2/c16-13-6-4-12(5-7-13)2-1-3-15(18)17-14-8-10-19-11-9-14/h4-7,14H,1-3,8-11H2,(H,17,18). The number of amides is 1. The van der Waals surface area contributed by atoms with E-state index in [0.29, 0.717) is 12.5 Å². The number of rotatable bonds is 5. The molecule has 4 heteroatoms. The monoisotopic (exact) mass is 281 g/mol. The molecule has 0 unspecified atom stereocenters. The summed E-state index contributed by atoms with van der Waals surface area (Å²) in [5.74, 6) is 0.154. The van der Waals surface area contributed by atoms with E-state index in [-0.39, 0.29) is 5.91 Å². The average molecular weight is 282 g/mol. The predicted octanol–water partition coefficient (Wildman–Crippen LogP) is 2.96. The van der Waals surface area contributed by atoms with Gasteiger partial charge in [0.1, 0.15) is 0 Å². The van der Waals surface area contributed by atoms with Crippen LogP contribution < -0.4 is 5.32 Å². The van der Waals surface area contributed by atoms with Crippen molar-refractivity contribution in [2.45, 2.75) is 38.1 Å². The minimum Gasteiger partial charge on any atom is -0.381 e. The van der Waals surface area contributed by atoms with Gasteiger partial charge in [-0.05, 0) is 43.4 Å². The molecule has 1 aliphatic rings. The van der Waals surface area contributed by atoms with Gasteiger partial charge in [-0.1, -0.05) is 23.7 Å². The van der Waals surface area contributed by atoms with Crippen LogP contribution in [0.3, 0.4) is 0 Å². The van der Waals surface area contributed by atoms with Crippen LogP contribution in [0.1, 0.15) is 31.2 Å². The normalized spacial score (nSPS) is 16.3. The molecule has 1 aromatic rings. The average Bonchev–Trinajstić information content (AvgIpc) is 2.42. The Morgan fingerprint density at radius 3 is 2.63 bits per heavy atom. The SMILES string of the molecule is O=C(CCCc1ccc(Cl)cc1)NC1CCOCC1. The highest BCUT2D eigenvalue weighted by molar-refractivity contribution is 6.30. The minimum atomic E-state index is 0.154. The lowest BCUT2D eigenvalue weighted by Crippen LogP contribution is -2.38. The molecule has 0 bridgehead atoms. The van der Waals surface area contributed by atoms with Gasteiger partial charge in [0.2, 0.25) is 5.91 Å². The molecule has 1 saturated heterocycles. The Labute approximate surface area is 119 Å². The van der Waals surface area contributed by atoms with Crippen LogP contribution in [-0.4, -0.2) is 25.2 Å². The second-order valence-corrected chi connectivity index (χ2v) is 5.37. The van der Waals surface area contributed by atoms with Gasteiger partial charge in [-0.3, -0.25) is 4.79 Å². The molecule has 1 aromatic carbocycles. The summed E-state index contributed by atoms with van der Waals surface area (Å²) in [5, 5.41) is 3.83. The van der Waals surface area contributed by atoms with Gasteiger partial charge in [-0.15, -0.1) is 0 Å². The first-order valence-electron chi connectivity index (χ1n) is 6.85. The van der Waals surface area contributed by atoms with Crippen molar-refractivity contribution < 1.29 is 9.53 Å². The number of ether oxygens (including phenoxy) is 1. The van der Waals surface area contributed by atoms with Crippen LogP contribution in [-0.2, 0) is 16.0 Å². The topological polar surface area (TPSA) is 38.3 Å². The molecular formula is C15H20ClNO2. The van der Waals surface area contributed by atoms with E-state index in [9.17, 15) is 4.79 Å². The fraction of sp³-hybridized carbons (Fsp3) is 0.533. The maximum absolute atomic E-state index is 11.8. The highest BCUT2D eigenvalue weighted by Gasteiger charge is 2.15. The molecule has 0 saturated carbocycles. The summed E-state index contributed by atoms with van der Waals surface area (Å²) in [4.78, 5) is 11.8. The Morgan fingerprint density at radius 1 is 1.26 bits per heavy atom. The second kappa shape index (κ2) is 7.51. The van der Waals surface area contributed by atoms with Gasteiger partial charge >= 0.3 is 0 Å². The summed E-state index contributed by atoms with van der Waals surface area (Å²) in [6, 6.07) is 8.10. The van der Waals surface area contributed by atoms with Crippen LogP contribution in [0, 0.1) is 0 Å². The fourth-order valence-corrected chi connectivity index (χ4v) is 2.37. The molecule has 1 heterocycles. The summed E-state index contributed by atoms with van der Waals surface area (Å²) in [6.07, 6.45) is 4.24. The van der Waals surface area contributed by atoms with Gasteiger partial charge in [0.25, 0.3) is 0 Å². The highest BCUT2D eigenvalue weighted by atomic mass is 35.5. The van der Waals surface area contributed by atoms with Crippen LogP contribution in [0.25, 0.3) is 0 Å². The Kier molecular flexibility index (Phi) is 5.67. The van der Waals surface area contributed by atoms with E-state index >= 15 is 0 Å². The van der Waals surface area contributed by atoms with E-state index < -0.39 is 0 Å². The van der Waals surface area contributed by atoms with Crippen molar-refractivity contribution in [2.24, 2.45) is 0 Å². The lowest BCUT2D eigenvalue weighted by molar-refractivity contribution is -0.122. The highest BCUT2D eigenvalue weighted by Crippen LogP contribution is 2.12. The lowest BCUT2D eigenvalue weighted by atomic mass is 10.1. The quantitative estimate of drug-likeness (QED) is 0.901. The van der Waals surface area contributed by atoms with Crippen LogP contribution in [0.4, 0.5) is 0 Å². The van der Waals surface area contributed by atoms with Crippen molar-refractivity contribution in [3.63, 3.8) is 0 Å². The number of carbonyl (C=O) groups excluding carboxylic acids is 1. The molecule has 1 aliphatic heterocycles. The van der Waals surface area contributed by atoms with Gasteiger partial charge in [-0.2, -0.15) is 0 Å². The molecule has 2 rings (SSSR count). The maximum atomic E-state index is 11.8. The number of aryl methyl sites for hydroxylation is 1. The van der Waals surface area contributed by atoms with Crippen molar-refractivity contribution in [1.82, 2.24) is 5.32 Å². The summed E-state index contributed by atoms with van der Waals surface area (Å²) in [6.45, 7) is 1.52. The van der Waals surface area contributed by atoms with Gasteiger partial charge in [0.05, 0.1) is 0 Å². The third-order valence-corrected chi connectivity index (χ3v) is 3.62. The first kappa shape index (κ1) is 14.4. The Balaban J connectivity index is 1.64. The molecule has 1 N–H and O–H groups in total. The summed E-state index contributed by atoms with van der Waals surface area (Å²) in [5.41, 5.74) is 1.23. The Bertz CT molecular complexity index is 399. The first-order chi connectivity index (χ1) is 9.24. The predicted molar refractivity (Wildman–Crippen MR) is 76.4 cm³/mol. The van der Waals surface area contributed by atoms with Crippen LogP contribution >= 0.6 is 11.6 Å². The summed E-state index contributed by atoms with van der Waals surface area (Å²) >= 11 is 5.83. The first-order valence-corrected chi connectivity index (χ1v) is 7.23. The molecule has 19 heavy (non-hydrogen) atoms. The molecule has 0 aromatic heterocycles. The van der Waals surface area contributed by atoms with Gasteiger partial charge < -0.3 is 10.1 Å². The van der Waals surface area contributed by atoms with E-state index in [1.54, 1.807) is 0 Å². The van der Waals surface area contributed by atoms with Crippen molar-refractivity contribution >= 4 is 17.5 Å². The third-order valence-electron chi connectivity index (χ3n) is 3.37. The Hall–Kier alpha value is -1.06.